The van der Waals surface area contributed by atoms with Crippen molar-refractivity contribution < 1.29 is 4.79 Å². The molecule has 0 aliphatic heterocycles. The molecule has 4 aromatic rings. The Bertz CT molecular complexity index is 989. The molecule has 2 aromatic carbocycles. The van der Waals surface area contributed by atoms with Crippen molar-refractivity contribution in [2.45, 2.75) is 13.5 Å². The summed E-state index contributed by atoms with van der Waals surface area (Å²) in [6.07, 6.45) is 1.59. The van der Waals surface area contributed by atoms with Crippen molar-refractivity contribution >= 4 is 22.2 Å². The van der Waals surface area contributed by atoms with E-state index in [0.717, 1.165) is 26.7 Å². The molecular weight excluding hydrogens is 334 g/mol. The molecular formula is C18H15N5OS. The fourth-order valence-corrected chi connectivity index (χ4v) is 3.26. The molecule has 2 heterocycles. The van der Waals surface area contributed by atoms with E-state index in [4.69, 9.17) is 0 Å². The van der Waals surface area contributed by atoms with Crippen molar-refractivity contribution in [3.63, 3.8) is 0 Å². The van der Waals surface area contributed by atoms with E-state index in [0.29, 0.717) is 12.1 Å². The highest BCUT2D eigenvalue weighted by molar-refractivity contribution is 7.19. The minimum atomic E-state index is -0.0716. The van der Waals surface area contributed by atoms with Crippen LogP contribution in [-0.4, -0.2) is 25.7 Å². The van der Waals surface area contributed by atoms with Crippen LogP contribution < -0.4 is 5.32 Å². The zero-order valence-electron chi connectivity index (χ0n) is 13.5. The van der Waals surface area contributed by atoms with Crippen LogP contribution >= 0.6 is 11.3 Å². The van der Waals surface area contributed by atoms with Gasteiger partial charge >= 0.3 is 0 Å². The van der Waals surface area contributed by atoms with Gasteiger partial charge in [-0.15, -0.1) is 10.2 Å². The highest BCUT2D eigenvalue weighted by atomic mass is 32.1. The average molecular weight is 349 g/mol. The van der Waals surface area contributed by atoms with Crippen LogP contribution in [0.25, 0.3) is 15.5 Å². The molecule has 124 valence electrons. The number of benzene rings is 2. The molecule has 0 fully saturated rings. The van der Waals surface area contributed by atoms with Crippen molar-refractivity contribution in [3.8, 4) is 10.6 Å². The van der Waals surface area contributed by atoms with Gasteiger partial charge < -0.3 is 5.32 Å². The van der Waals surface area contributed by atoms with Gasteiger partial charge in [0.2, 0.25) is 4.96 Å². The lowest BCUT2D eigenvalue weighted by atomic mass is 10.1. The lowest BCUT2D eigenvalue weighted by Gasteiger charge is -2.06. The quantitative estimate of drug-likeness (QED) is 0.614. The van der Waals surface area contributed by atoms with Gasteiger partial charge in [0.25, 0.3) is 5.91 Å². The Balaban J connectivity index is 1.42. The Hall–Kier alpha value is -3.06. The second-order valence-electron chi connectivity index (χ2n) is 5.71. The summed E-state index contributed by atoms with van der Waals surface area (Å²) in [4.78, 5) is 12.9. The SMILES string of the molecule is Cc1ccc(C(=O)NCc2ccc(-c3nn4cnnc4s3)cc2)cc1. The van der Waals surface area contributed by atoms with E-state index in [1.165, 1.54) is 11.3 Å². The van der Waals surface area contributed by atoms with Gasteiger partial charge in [-0.25, -0.2) is 0 Å². The number of fused-ring (bicyclic) bond motifs is 1. The van der Waals surface area contributed by atoms with E-state index in [1.54, 1.807) is 10.8 Å². The first-order valence-corrected chi connectivity index (χ1v) is 8.62. The standard InChI is InChI=1S/C18H15N5OS/c1-12-2-6-14(7-3-12)16(24)19-10-13-4-8-15(9-5-13)17-22-23-11-20-21-18(23)25-17/h2-9,11H,10H2,1H3,(H,19,24). The van der Waals surface area contributed by atoms with Crippen LogP contribution in [0.15, 0.2) is 54.9 Å². The van der Waals surface area contributed by atoms with E-state index >= 15 is 0 Å². The Labute approximate surface area is 148 Å². The van der Waals surface area contributed by atoms with Gasteiger partial charge in [-0.1, -0.05) is 53.3 Å². The Morgan fingerprint density at radius 3 is 2.60 bits per heavy atom. The highest BCUT2D eigenvalue weighted by Crippen LogP contribution is 2.24. The van der Waals surface area contributed by atoms with Crippen molar-refractivity contribution in [3.05, 3.63) is 71.5 Å². The molecule has 7 heteroatoms. The predicted octanol–water partition coefficient (Wildman–Crippen LogP) is 3.09. The Morgan fingerprint density at radius 2 is 1.88 bits per heavy atom. The molecule has 25 heavy (non-hydrogen) atoms. The number of nitrogens with zero attached hydrogens (tertiary/aromatic N) is 4. The summed E-state index contributed by atoms with van der Waals surface area (Å²) in [5.74, 6) is -0.0716. The first kappa shape index (κ1) is 15.5. The largest absolute Gasteiger partial charge is 0.348 e. The summed E-state index contributed by atoms with van der Waals surface area (Å²) in [6.45, 7) is 2.48. The molecule has 0 saturated carbocycles. The minimum Gasteiger partial charge on any atom is -0.348 e. The van der Waals surface area contributed by atoms with E-state index in [1.807, 2.05) is 55.5 Å². The van der Waals surface area contributed by atoms with Crippen LogP contribution in [0.5, 0.6) is 0 Å². The van der Waals surface area contributed by atoms with Crippen LogP contribution in [0.1, 0.15) is 21.5 Å². The summed E-state index contributed by atoms with van der Waals surface area (Å²) in [7, 11) is 0. The molecule has 0 bridgehead atoms. The molecule has 4 rings (SSSR count). The van der Waals surface area contributed by atoms with Gasteiger partial charge in [-0.2, -0.15) is 9.61 Å². The van der Waals surface area contributed by atoms with E-state index in [2.05, 4.69) is 20.6 Å². The van der Waals surface area contributed by atoms with Gasteiger partial charge in [0, 0.05) is 17.7 Å². The minimum absolute atomic E-state index is 0.0716. The highest BCUT2D eigenvalue weighted by Gasteiger charge is 2.08. The van der Waals surface area contributed by atoms with Crippen molar-refractivity contribution in [1.29, 1.82) is 0 Å². The van der Waals surface area contributed by atoms with E-state index in [-0.39, 0.29) is 5.91 Å². The number of aryl methyl sites for hydroxylation is 1. The zero-order chi connectivity index (χ0) is 17.2. The maximum Gasteiger partial charge on any atom is 0.251 e. The number of carbonyl (C=O) groups is 1. The van der Waals surface area contributed by atoms with Crippen molar-refractivity contribution in [2.24, 2.45) is 0 Å². The smallest absolute Gasteiger partial charge is 0.251 e. The van der Waals surface area contributed by atoms with Gasteiger partial charge in [0.05, 0.1) is 0 Å². The summed E-state index contributed by atoms with van der Waals surface area (Å²) in [5, 5.41) is 16.0. The third-order valence-corrected chi connectivity index (χ3v) is 4.82. The third kappa shape index (κ3) is 3.27. The maximum atomic E-state index is 12.2. The molecule has 0 radical (unpaired) electrons. The second-order valence-corrected chi connectivity index (χ2v) is 6.67. The first-order chi connectivity index (χ1) is 12.2. The second kappa shape index (κ2) is 6.45. The van der Waals surface area contributed by atoms with Crippen molar-refractivity contribution in [2.75, 3.05) is 0 Å². The molecule has 0 unspecified atom stereocenters. The molecule has 0 atom stereocenters. The maximum absolute atomic E-state index is 12.2. The predicted molar refractivity (Wildman–Crippen MR) is 96.4 cm³/mol. The number of carbonyl (C=O) groups excluding carboxylic acids is 1. The molecule has 0 aliphatic carbocycles. The number of nitrogens with one attached hydrogen (secondary N) is 1. The molecule has 6 nitrogen and oxygen atoms in total. The van der Waals surface area contributed by atoms with Crippen LogP contribution in [-0.2, 0) is 6.54 Å². The van der Waals surface area contributed by atoms with E-state index < -0.39 is 0 Å². The summed E-state index contributed by atoms with van der Waals surface area (Å²) in [6, 6.07) is 15.5. The van der Waals surface area contributed by atoms with Crippen LogP contribution in [0, 0.1) is 6.92 Å². The topological polar surface area (TPSA) is 72.2 Å². The number of hydrogen-bond donors (Lipinski definition) is 1. The molecule has 2 aromatic heterocycles. The Morgan fingerprint density at radius 1 is 1.12 bits per heavy atom. The van der Waals surface area contributed by atoms with Crippen LogP contribution in [0.2, 0.25) is 0 Å². The number of hydrogen-bond acceptors (Lipinski definition) is 5. The molecule has 0 saturated heterocycles. The van der Waals surface area contributed by atoms with Crippen LogP contribution in [0.3, 0.4) is 0 Å². The summed E-state index contributed by atoms with van der Waals surface area (Å²) in [5.41, 5.74) is 3.86. The number of rotatable bonds is 4. The molecule has 0 spiro atoms. The third-order valence-electron chi connectivity index (χ3n) is 3.85. The summed E-state index contributed by atoms with van der Waals surface area (Å²) < 4.78 is 1.66. The number of aromatic nitrogens is 4. The fraction of sp³-hybridized carbons (Fsp3) is 0.111. The van der Waals surface area contributed by atoms with E-state index in [9.17, 15) is 4.79 Å². The van der Waals surface area contributed by atoms with Crippen molar-refractivity contribution in [1.82, 2.24) is 25.1 Å². The Kier molecular flexibility index (Phi) is 3.99. The fourth-order valence-electron chi connectivity index (χ4n) is 2.43. The first-order valence-electron chi connectivity index (χ1n) is 7.80. The van der Waals surface area contributed by atoms with Gasteiger partial charge in [-0.05, 0) is 24.6 Å². The lowest BCUT2D eigenvalue weighted by Crippen LogP contribution is -2.22. The van der Waals surface area contributed by atoms with Gasteiger partial charge in [0.15, 0.2) is 0 Å². The van der Waals surface area contributed by atoms with Crippen LogP contribution in [0.4, 0.5) is 0 Å². The average Bonchev–Trinajstić information content (AvgIpc) is 3.23. The lowest BCUT2D eigenvalue weighted by molar-refractivity contribution is 0.0951. The number of amides is 1. The van der Waals surface area contributed by atoms with Gasteiger partial charge in [-0.3, -0.25) is 4.79 Å². The zero-order valence-corrected chi connectivity index (χ0v) is 14.3. The normalized spacial score (nSPS) is 10.9. The monoisotopic (exact) mass is 349 g/mol. The van der Waals surface area contributed by atoms with Gasteiger partial charge in [0.1, 0.15) is 11.3 Å². The molecule has 1 N–H and O–H groups in total. The molecule has 1 amide bonds. The summed E-state index contributed by atoms with van der Waals surface area (Å²) >= 11 is 1.49. The molecule has 0 aliphatic rings.